The molecule has 0 heterocycles. The predicted octanol–water partition coefficient (Wildman–Crippen LogP) is 4.53. The standard InChI is InChI=1S/C13H26OSi/c1-6-11-13(12-7-2)14-15(8-3,9-4)10-5/h6-7,13H,1-2,8-12H2,3-5H3. The van der Waals surface area contributed by atoms with Crippen molar-refractivity contribution in [3.05, 3.63) is 25.3 Å². The van der Waals surface area contributed by atoms with Crippen LogP contribution in [0.1, 0.15) is 33.6 Å². The lowest BCUT2D eigenvalue weighted by Crippen LogP contribution is -2.39. The van der Waals surface area contributed by atoms with E-state index in [4.69, 9.17) is 4.43 Å². The van der Waals surface area contributed by atoms with Crippen LogP contribution >= 0.6 is 0 Å². The van der Waals surface area contributed by atoms with E-state index in [1.807, 2.05) is 12.2 Å². The van der Waals surface area contributed by atoms with Crippen molar-refractivity contribution in [2.45, 2.75) is 57.8 Å². The molecule has 0 amide bonds. The van der Waals surface area contributed by atoms with Gasteiger partial charge >= 0.3 is 0 Å². The lowest BCUT2D eigenvalue weighted by atomic mass is 10.2. The summed E-state index contributed by atoms with van der Waals surface area (Å²) < 4.78 is 6.36. The minimum absolute atomic E-state index is 0.312. The summed E-state index contributed by atoms with van der Waals surface area (Å²) in [5.41, 5.74) is 0. The fourth-order valence-corrected chi connectivity index (χ4v) is 4.82. The van der Waals surface area contributed by atoms with Gasteiger partial charge in [0, 0.05) is 0 Å². The normalized spacial score (nSPS) is 11.7. The fraction of sp³-hybridized carbons (Fsp3) is 0.692. The van der Waals surface area contributed by atoms with Crippen molar-refractivity contribution in [3.63, 3.8) is 0 Å². The van der Waals surface area contributed by atoms with Gasteiger partial charge in [0.2, 0.25) is 0 Å². The molecule has 0 N–H and O–H groups in total. The van der Waals surface area contributed by atoms with Crippen LogP contribution in [0.15, 0.2) is 25.3 Å². The van der Waals surface area contributed by atoms with E-state index in [1.54, 1.807) is 0 Å². The van der Waals surface area contributed by atoms with E-state index in [2.05, 4.69) is 33.9 Å². The molecular weight excluding hydrogens is 200 g/mol. The summed E-state index contributed by atoms with van der Waals surface area (Å²) >= 11 is 0. The predicted molar refractivity (Wildman–Crippen MR) is 71.7 cm³/mol. The summed E-state index contributed by atoms with van der Waals surface area (Å²) in [7, 11) is -1.45. The van der Waals surface area contributed by atoms with Crippen LogP contribution in [0.25, 0.3) is 0 Å². The Balaban J connectivity index is 4.43. The zero-order chi connectivity index (χ0) is 11.7. The van der Waals surface area contributed by atoms with Crippen molar-refractivity contribution in [1.29, 1.82) is 0 Å². The third kappa shape index (κ3) is 4.80. The highest BCUT2D eigenvalue weighted by Crippen LogP contribution is 2.25. The third-order valence-corrected chi connectivity index (χ3v) is 7.91. The molecule has 0 radical (unpaired) electrons. The Morgan fingerprint density at radius 3 is 1.67 bits per heavy atom. The van der Waals surface area contributed by atoms with Crippen LogP contribution in [0.2, 0.25) is 18.1 Å². The van der Waals surface area contributed by atoms with E-state index >= 15 is 0 Å². The van der Waals surface area contributed by atoms with Crippen LogP contribution < -0.4 is 0 Å². The summed E-state index contributed by atoms with van der Waals surface area (Å²) in [4.78, 5) is 0. The van der Waals surface area contributed by atoms with Gasteiger partial charge in [-0.2, -0.15) is 0 Å². The molecule has 0 spiro atoms. The molecule has 0 aromatic rings. The molecule has 0 rings (SSSR count). The fourth-order valence-electron chi connectivity index (χ4n) is 1.92. The highest BCUT2D eigenvalue weighted by Gasteiger charge is 2.31. The van der Waals surface area contributed by atoms with Gasteiger partial charge in [0.15, 0.2) is 8.32 Å². The van der Waals surface area contributed by atoms with Gasteiger partial charge in [-0.15, -0.1) is 13.2 Å². The second kappa shape index (κ2) is 7.89. The van der Waals surface area contributed by atoms with Crippen molar-refractivity contribution in [3.8, 4) is 0 Å². The first-order valence-corrected chi connectivity index (χ1v) is 8.60. The summed E-state index contributed by atoms with van der Waals surface area (Å²) in [6.45, 7) is 14.4. The molecule has 0 atom stereocenters. The lowest BCUT2D eigenvalue weighted by Gasteiger charge is -2.32. The van der Waals surface area contributed by atoms with Crippen LogP contribution in [0.3, 0.4) is 0 Å². The van der Waals surface area contributed by atoms with E-state index in [0.29, 0.717) is 6.10 Å². The smallest absolute Gasteiger partial charge is 0.192 e. The molecular formula is C13H26OSi. The van der Waals surface area contributed by atoms with Crippen molar-refractivity contribution >= 4 is 8.32 Å². The SMILES string of the molecule is C=CCC(CC=C)O[Si](CC)(CC)CC. The number of rotatable bonds is 9. The van der Waals surface area contributed by atoms with Gasteiger partial charge in [0.1, 0.15) is 0 Å². The Bertz CT molecular complexity index is 167. The van der Waals surface area contributed by atoms with E-state index in [-0.39, 0.29) is 0 Å². The Morgan fingerprint density at radius 1 is 1.00 bits per heavy atom. The van der Waals surface area contributed by atoms with E-state index in [1.165, 1.54) is 18.1 Å². The van der Waals surface area contributed by atoms with Crippen LogP contribution in [-0.2, 0) is 4.43 Å². The van der Waals surface area contributed by atoms with Crippen molar-refractivity contribution in [1.82, 2.24) is 0 Å². The first-order valence-electron chi connectivity index (χ1n) is 6.07. The molecule has 0 aliphatic heterocycles. The summed E-state index contributed by atoms with van der Waals surface area (Å²) in [6, 6.07) is 3.64. The molecule has 88 valence electrons. The first kappa shape index (κ1) is 14.7. The molecule has 0 aromatic heterocycles. The molecule has 2 heteroatoms. The minimum Gasteiger partial charge on any atom is -0.413 e. The molecule has 0 fully saturated rings. The summed E-state index contributed by atoms with van der Waals surface area (Å²) in [6.07, 6.45) is 6.11. The van der Waals surface area contributed by atoms with Crippen molar-refractivity contribution < 1.29 is 4.43 Å². The Kier molecular flexibility index (Phi) is 7.70. The average molecular weight is 226 g/mol. The zero-order valence-electron chi connectivity index (χ0n) is 10.6. The van der Waals surface area contributed by atoms with Crippen molar-refractivity contribution in [2.24, 2.45) is 0 Å². The second-order valence-electron chi connectivity index (χ2n) is 4.03. The minimum atomic E-state index is -1.45. The maximum Gasteiger partial charge on any atom is 0.192 e. The van der Waals surface area contributed by atoms with Crippen LogP contribution in [0.5, 0.6) is 0 Å². The van der Waals surface area contributed by atoms with Gasteiger partial charge in [0.25, 0.3) is 0 Å². The molecule has 0 aliphatic rings. The highest BCUT2D eigenvalue weighted by atomic mass is 28.4. The van der Waals surface area contributed by atoms with E-state index in [9.17, 15) is 0 Å². The molecule has 0 aromatic carbocycles. The van der Waals surface area contributed by atoms with Gasteiger partial charge in [0.05, 0.1) is 6.10 Å². The van der Waals surface area contributed by atoms with Gasteiger partial charge < -0.3 is 4.43 Å². The van der Waals surface area contributed by atoms with Gasteiger partial charge in [-0.3, -0.25) is 0 Å². The van der Waals surface area contributed by atoms with Gasteiger partial charge in [-0.25, -0.2) is 0 Å². The largest absolute Gasteiger partial charge is 0.413 e. The second-order valence-corrected chi connectivity index (χ2v) is 8.76. The van der Waals surface area contributed by atoms with Crippen LogP contribution in [-0.4, -0.2) is 14.4 Å². The first-order chi connectivity index (χ1) is 7.17. The monoisotopic (exact) mass is 226 g/mol. The third-order valence-electron chi connectivity index (χ3n) is 3.21. The molecule has 0 aliphatic carbocycles. The van der Waals surface area contributed by atoms with Crippen LogP contribution in [0, 0.1) is 0 Å². The zero-order valence-corrected chi connectivity index (χ0v) is 11.6. The summed E-state index contributed by atoms with van der Waals surface area (Å²) in [5.74, 6) is 0. The maximum absolute atomic E-state index is 6.36. The Labute approximate surface area is 96.4 Å². The number of hydrogen-bond acceptors (Lipinski definition) is 1. The molecule has 0 saturated carbocycles. The molecule has 15 heavy (non-hydrogen) atoms. The summed E-state index contributed by atoms with van der Waals surface area (Å²) in [5, 5.41) is 0. The highest BCUT2D eigenvalue weighted by molar-refractivity contribution is 6.73. The van der Waals surface area contributed by atoms with Gasteiger partial charge in [-0.05, 0) is 31.0 Å². The number of hydrogen-bond donors (Lipinski definition) is 0. The maximum atomic E-state index is 6.36. The van der Waals surface area contributed by atoms with Crippen LogP contribution in [0.4, 0.5) is 0 Å². The Hall–Kier alpha value is -0.343. The molecule has 0 bridgehead atoms. The van der Waals surface area contributed by atoms with Crippen molar-refractivity contribution in [2.75, 3.05) is 0 Å². The van der Waals surface area contributed by atoms with E-state index < -0.39 is 8.32 Å². The molecule has 1 nitrogen and oxygen atoms in total. The molecule has 0 saturated heterocycles. The van der Waals surface area contributed by atoms with Gasteiger partial charge in [-0.1, -0.05) is 32.9 Å². The van der Waals surface area contributed by atoms with E-state index in [0.717, 1.165) is 12.8 Å². The average Bonchev–Trinajstić information content (AvgIpc) is 2.27. The quantitative estimate of drug-likeness (QED) is 0.414. The lowest BCUT2D eigenvalue weighted by molar-refractivity contribution is 0.193. The Morgan fingerprint density at radius 2 is 1.40 bits per heavy atom. The topological polar surface area (TPSA) is 9.23 Å². The molecule has 0 unspecified atom stereocenters.